The second kappa shape index (κ2) is 10.5. The molecular formula is C24H26FN5O2S2. The SMILES string of the molecule is COc1ccc(-c2nc(CSc3nnc([C@H](C)N(C)C)n3-c3ccc(F)cc3)cs2)cc1OC. The van der Waals surface area contributed by atoms with Gasteiger partial charge in [0.25, 0.3) is 0 Å². The molecule has 0 aliphatic heterocycles. The third-order valence-corrected chi connectivity index (χ3v) is 7.33. The molecule has 2 heterocycles. The van der Waals surface area contributed by atoms with Crippen LogP contribution in [0.3, 0.4) is 0 Å². The average Bonchev–Trinajstić information content (AvgIpc) is 3.49. The van der Waals surface area contributed by atoms with Crippen molar-refractivity contribution in [3.8, 4) is 27.8 Å². The van der Waals surface area contributed by atoms with Gasteiger partial charge in [0.1, 0.15) is 10.8 Å². The first kappa shape index (κ1) is 24.2. The molecule has 0 fully saturated rings. The molecule has 0 bridgehead atoms. The normalized spacial score (nSPS) is 12.2. The lowest BCUT2D eigenvalue weighted by Gasteiger charge is -2.20. The molecule has 2 aromatic carbocycles. The van der Waals surface area contributed by atoms with Crippen LogP contribution in [0.4, 0.5) is 4.39 Å². The topological polar surface area (TPSA) is 65.3 Å². The van der Waals surface area contributed by atoms with Crippen molar-refractivity contribution in [2.75, 3.05) is 28.3 Å². The molecule has 7 nitrogen and oxygen atoms in total. The monoisotopic (exact) mass is 499 g/mol. The maximum Gasteiger partial charge on any atom is 0.196 e. The lowest BCUT2D eigenvalue weighted by molar-refractivity contribution is 0.305. The first-order chi connectivity index (χ1) is 16.4. The molecule has 0 radical (unpaired) electrons. The van der Waals surface area contributed by atoms with E-state index in [2.05, 4.69) is 22.0 Å². The largest absolute Gasteiger partial charge is 0.493 e. The molecule has 0 saturated heterocycles. The molecular weight excluding hydrogens is 473 g/mol. The zero-order valence-corrected chi connectivity index (χ0v) is 21.3. The summed E-state index contributed by atoms with van der Waals surface area (Å²) >= 11 is 3.12. The van der Waals surface area contributed by atoms with Crippen LogP contribution in [0, 0.1) is 5.82 Å². The number of hydrogen-bond donors (Lipinski definition) is 0. The highest BCUT2D eigenvalue weighted by Crippen LogP contribution is 2.35. The van der Waals surface area contributed by atoms with Gasteiger partial charge in [0, 0.05) is 22.4 Å². The van der Waals surface area contributed by atoms with Crippen LogP contribution in [-0.4, -0.2) is 53.0 Å². The number of rotatable bonds is 9. The fraction of sp³-hybridized carbons (Fsp3) is 0.292. The second-order valence-electron chi connectivity index (χ2n) is 7.79. The Morgan fingerprint density at radius 3 is 2.47 bits per heavy atom. The molecule has 4 rings (SSSR count). The molecule has 0 N–H and O–H groups in total. The van der Waals surface area contributed by atoms with Gasteiger partial charge in [-0.15, -0.1) is 21.5 Å². The minimum atomic E-state index is -0.279. The van der Waals surface area contributed by atoms with Crippen molar-refractivity contribution in [3.05, 3.63) is 65.2 Å². The quantitative estimate of drug-likeness (QED) is 0.283. The summed E-state index contributed by atoms with van der Waals surface area (Å²) < 4.78 is 26.3. The first-order valence-electron chi connectivity index (χ1n) is 10.6. The minimum Gasteiger partial charge on any atom is -0.493 e. The van der Waals surface area contributed by atoms with Gasteiger partial charge in [-0.3, -0.25) is 9.47 Å². The Morgan fingerprint density at radius 2 is 1.79 bits per heavy atom. The van der Waals surface area contributed by atoms with Gasteiger partial charge in [-0.1, -0.05) is 11.8 Å². The van der Waals surface area contributed by atoms with E-state index in [-0.39, 0.29) is 11.9 Å². The van der Waals surface area contributed by atoms with Crippen molar-refractivity contribution < 1.29 is 13.9 Å². The molecule has 0 spiro atoms. The van der Waals surface area contributed by atoms with Crippen molar-refractivity contribution in [1.29, 1.82) is 0 Å². The van der Waals surface area contributed by atoms with Crippen molar-refractivity contribution in [3.63, 3.8) is 0 Å². The van der Waals surface area contributed by atoms with Gasteiger partial charge in [-0.25, -0.2) is 9.37 Å². The van der Waals surface area contributed by atoms with Gasteiger partial charge in [0.15, 0.2) is 22.5 Å². The van der Waals surface area contributed by atoms with E-state index < -0.39 is 0 Å². The third kappa shape index (κ3) is 5.08. The number of methoxy groups -OCH3 is 2. The Bertz CT molecular complexity index is 1260. The fourth-order valence-corrected chi connectivity index (χ4v) is 5.10. The van der Waals surface area contributed by atoms with E-state index >= 15 is 0 Å². The molecule has 2 aromatic heterocycles. The number of nitrogens with zero attached hydrogens (tertiary/aromatic N) is 5. The second-order valence-corrected chi connectivity index (χ2v) is 9.60. The number of aromatic nitrogens is 4. The summed E-state index contributed by atoms with van der Waals surface area (Å²) in [4.78, 5) is 6.86. The minimum absolute atomic E-state index is 0.0304. The maximum atomic E-state index is 13.5. The van der Waals surface area contributed by atoms with Crippen molar-refractivity contribution in [2.24, 2.45) is 0 Å². The van der Waals surface area contributed by atoms with E-state index in [0.29, 0.717) is 17.3 Å². The number of hydrogen-bond acceptors (Lipinski definition) is 8. The van der Waals surface area contributed by atoms with Crippen LogP contribution in [0.5, 0.6) is 11.5 Å². The number of thioether (sulfide) groups is 1. The van der Waals surface area contributed by atoms with Crippen LogP contribution in [0.15, 0.2) is 53.0 Å². The molecule has 10 heteroatoms. The molecule has 0 saturated carbocycles. The summed E-state index contributed by atoms with van der Waals surface area (Å²) in [6.45, 7) is 2.06. The summed E-state index contributed by atoms with van der Waals surface area (Å²) in [5.41, 5.74) is 2.73. The standard InChI is InChI=1S/C24H26FN5O2S2/c1-15(29(2)3)22-27-28-24(30(22)19-9-7-17(25)8-10-19)34-14-18-13-33-23(26-18)16-6-11-20(31-4)21(12-16)32-5/h6-13,15H,14H2,1-5H3/t15-/m0/s1. The van der Waals surface area contributed by atoms with Crippen molar-refractivity contribution in [1.82, 2.24) is 24.6 Å². The van der Waals surface area contributed by atoms with Gasteiger partial charge in [-0.2, -0.15) is 0 Å². The van der Waals surface area contributed by atoms with E-state index in [1.807, 2.05) is 42.2 Å². The van der Waals surface area contributed by atoms with E-state index in [4.69, 9.17) is 14.5 Å². The Morgan fingerprint density at radius 1 is 1.06 bits per heavy atom. The Kier molecular flexibility index (Phi) is 7.50. The van der Waals surface area contributed by atoms with Crippen molar-refractivity contribution in [2.45, 2.75) is 23.9 Å². The Labute approximate surface area is 206 Å². The molecule has 4 aromatic rings. The zero-order chi connectivity index (χ0) is 24.2. The predicted octanol–water partition coefficient (Wildman–Crippen LogP) is 5.46. The zero-order valence-electron chi connectivity index (χ0n) is 19.7. The smallest absolute Gasteiger partial charge is 0.196 e. The van der Waals surface area contributed by atoms with E-state index in [1.54, 1.807) is 49.5 Å². The maximum absolute atomic E-state index is 13.5. The van der Waals surface area contributed by atoms with Gasteiger partial charge in [0.05, 0.1) is 26.0 Å². The summed E-state index contributed by atoms with van der Waals surface area (Å²) in [7, 11) is 7.22. The van der Waals surface area contributed by atoms with Gasteiger partial charge in [-0.05, 0) is 63.5 Å². The molecule has 0 aliphatic carbocycles. The first-order valence-corrected chi connectivity index (χ1v) is 12.4. The highest BCUT2D eigenvalue weighted by molar-refractivity contribution is 7.98. The van der Waals surface area contributed by atoms with Crippen LogP contribution in [0.1, 0.15) is 24.5 Å². The third-order valence-electron chi connectivity index (χ3n) is 5.42. The molecule has 1 atom stereocenters. The Balaban J connectivity index is 1.58. The van der Waals surface area contributed by atoms with Crippen LogP contribution in [0.2, 0.25) is 0 Å². The van der Waals surface area contributed by atoms with Gasteiger partial charge in [0.2, 0.25) is 0 Å². The van der Waals surface area contributed by atoms with E-state index in [9.17, 15) is 4.39 Å². The van der Waals surface area contributed by atoms with Crippen LogP contribution in [0.25, 0.3) is 16.3 Å². The Hall–Kier alpha value is -2.95. The van der Waals surface area contributed by atoms with Crippen LogP contribution >= 0.6 is 23.1 Å². The van der Waals surface area contributed by atoms with E-state index in [0.717, 1.165) is 32.9 Å². The van der Waals surface area contributed by atoms with Crippen LogP contribution < -0.4 is 9.47 Å². The molecule has 34 heavy (non-hydrogen) atoms. The lowest BCUT2D eigenvalue weighted by Crippen LogP contribution is -2.20. The highest BCUT2D eigenvalue weighted by atomic mass is 32.2. The van der Waals surface area contributed by atoms with E-state index in [1.165, 1.54) is 12.1 Å². The number of ether oxygens (including phenoxy) is 2. The number of thiazole rings is 1. The summed E-state index contributed by atoms with van der Waals surface area (Å²) in [6.07, 6.45) is 0. The van der Waals surface area contributed by atoms with Gasteiger partial charge < -0.3 is 9.47 Å². The lowest BCUT2D eigenvalue weighted by atomic mass is 10.2. The predicted molar refractivity (Wildman–Crippen MR) is 134 cm³/mol. The van der Waals surface area contributed by atoms with Crippen LogP contribution in [-0.2, 0) is 5.75 Å². The molecule has 0 amide bonds. The number of halogens is 1. The number of benzene rings is 2. The summed E-state index contributed by atoms with van der Waals surface area (Å²) in [5.74, 6) is 2.49. The fourth-order valence-electron chi connectivity index (χ4n) is 3.32. The molecule has 178 valence electrons. The van der Waals surface area contributed by atoms with Gasteiger partial charge >= 0.3 is 0 Å². The molecule has 0 unspecified atom stereocenters. The molecule has 0 aliphatic rings. The van der Waals surface area contributed by atoms with Crippen molar-refractivity contribution >= 4 is 23.1 Å². The highest BCUT2D eigenvalue weighted by Gasteiger charge is 2.21. The average molecular weight is 500 g/mol. The summed E-state index contributed by atoms with van der Waals surface area (Å²) in [5, 5.41) is 12.6. The summed E-state index contributed by atoms with van der Waals surface area (Å²) in [6, 6.07) is 12.2.